The second kappa shape index (κ2) is 17.6. The Morgan fingerprint density at radius 2 is 1.10 bits per heavy atom. The number of H-pyrrole nitrogens is 2. The van der Waals surface area contributed by atoms with Crippen LogP contribution in [0.15, 0.2) is 19.9 Å². The van der Waals surface area contributed by atoms with Gasteiger partial charge in [0.15, 0.2) is 64.8 Å². The molecule has 4 aromatic rings. The Balaban J connectivity index is 0.836. The summed E-state index contributed by atoms with van der Waals surface area (Å²) >= 11 is 1.74. The largest absolute Gasteiger partial charge is 0.472 e. The van der Waals surface area contributed by atoms with Gasteiger partial charge in [-0.15, -0.1) is 0 Å². The van der Waals surface area contributed by atoms with Gasteiger partial charge in [0, 0.05) is 11.5 Å². The van der Waals surface area contributed by atoms with Crippen LogP contribution in [0, 0.1) is 0 Å². The summed E-state index contributed by atoms with van der Waals surface area (Å²) in [5.74, 6) is -2.67. The molecule has 4 fully saturated rings. The molecule has 8 heterocycles. The molecule has 0 aromatic carbocycles. The minimum atomic E-state index is -4.48. The third-order valence-electron chi connectivity index (χ3n) is 9.84. The molecule has 4 aliphatic rings. The first kappa shape index (κ1) is 46.4. The van der Waals surface area contributed by atoms with Gasteiger partial charge in [-0.2, -0.15) is 9.97 Å². The molecule has 29 nitrogen and oxygen atoms in total. The van der Waals surface area contributed by atoms with Gasteiger partial charge in [0.05, 0.1) is 49.4 Å². The fourth-order valence-electron chi connectivity index (χ4n) is 6.92. The molecule has 10 atom stereocenters. The molecular weight excluding hydrogens is 971 g/mol. The predicted octanol–water partition coefficient (Wildman–Crippen LogP) is -3.00. The molecule has 0 bridgehead atoms. The van der Waals surface area contributed by atoms with E-state index in [9.17, 15) is 55.6 Å². The van der Waals surface area contributed by atoms with Crippen molar-refractivity contribution < 1.29 is 78.3 Å². The summed E-state index contributed by atoms with van der Waals surface area (Å²) < 4.78 is 115. The van der Waals surface area contributed by atoms with Crippen molar-refractivity contribution in [3.8, 4) is 0 Å². The normalized spacial score (nSPS) is 31.2. The van der Waals surface area contributed by atoms with Crippen molar-refractivity contribution in [3.05, 3.63) is 20.7 Å². The molecule has 63 heavy (non-hydrogen) atoms. The maximum Gasteiger partial charge on any atom is 0.472 e. The van der Waals surface area contributed by atoms with Crippen LogP contribution in [0.25, 0.3) is 22.3 Å². The van der Waals surface area contributed by atoms with Crippen LogP contribution < -0.4 is 22.6 Å². The minimum Gasteiger partial charge on any atom is -0.386 e. The molecule has 0 radical (unpaired) electrons. The zero-order valence-electron chi connectivity index (χ0n) is 32.0. The maximum atomic E-state index is 12.9. The molecule has 35 heteroatoms. The van der Waals surface area contributed by atoms with E-state index in [2.05, 4.69) is 29.9 Å². The second-order valence-corrected chi connectivity index (χ2v) is 23.7. The number of nitrogens with one attached hydrogen (secondary N) is 2. The maximum absolute atomic E-state index is 12.9. The standard InChI is InChI=1S/C28H38N10O19P2S4/c29-25-33-19-13(21(41)35-25)31-27(37(19)23-15(39)17-11(54-23)9-52-58(43,44)56-17)60-3-7-62(47,48)5-1-51-2-6-63(49,50)8-4-61-28-32-14-20(34-26(30)36-22(14)42)38(28)24-16(40)18-12(55-24)10-53-59(45,46)57-18/h11-12,15-18,23-24,39-40H,1-10H2,(H,43,44)(H,45,46)(H3,29,33,35,41)(H3,30,34,36,42)/t11?,12?,15?,16?,17-,18-,23-,24-/m1/s1. The van der Waals surface area contributed by atoms with E-state index in [1.54, 1.807) is 0 Å². The van der Waals surface area contributed by atoms with Gasteiger partial charge in [0.1, 0.15) is 36.6 Å². The van der Waals surface area contributed by atoms with Crippen LogP contribution >= 0.6 is 39.2 Å². The van der Waals surface area contributed by atoms with Crippen molar-refractivity contribution in [2.24, 2.45) is 0 Å². The number of nitrogen functional groups attached to an aromatic ring is 2. The number of fused-ring (bicyclic) bond motifs is 4. The number of nitrogens with zero attached hydrogens (tertiary/aromatic N) is 6. The fourth-order valence-corrected chi connectivity index (χ4v) is 14.0. The van der Waals surface area contributed by atoms with Crippen molar-refractivity contribution in [1.82, 2.24) is 39.0 Å². The van der Waals surface area contributed by atoms with Crippen molar-refractivity contribution >= 4 is 93.1 Å². The van der Waals surface area contributed by atoms with Crippen LogP contribution in [0.1, 0.15) is 12.5 Å². The molecule has 4 saturated heterocycles. The van der Waals surface area contributed by atoms with Gasteiger partial charge in [0.2, 0.25) is 11.9 Å². The summed E-state index contributed by atoms with van der Waals surface area (Å²) in [6.45, 7) is -1.50. The van der Waals surface area contributed by atoms with Gasteiger partial charge < -0.3 is 45.7 Å². The lowest BCUT2D eigenvalue weighted by molar-refractivity contribution is -0.0685. The first-order valence-electron chi connectivity index (χ1n) is 18.4. The molecule has 4 aromatic heterocycles. The Kier molecular flexibility index (Phi) is 13.0. The van der Waals surface area contributed by atoms with Gasteiger partial charge >= 0.3 is 15.6 Å². The van der Waals surface area contributed by atoms with Gasteiger partial charge in [-0.25, -0.2) is 35.9 Å². The monoisotopic (exact) mass is 1010 g/mol. The van der Waals surface area contributed by atoms with Gasteiger partial charge in [-0.1, -0.05) is 23.5 Å². The van der Waals surface area contributed by atoms with Crippen molar-refractivity contribution in [2.75, 3.05) is 72.4 Å². The lowest BCUT2D eigenvalue weighted by Gasteiger charge is -2.27. The van der Waals surface area contributed by atoms with E-state index in [1.165, 1.54) is 9.13 Å². The van der Waals surface area contributed by atoms with E-state index in [1.807, 2.05) is 0 Å². The summed E-state index contributed by atoms with van der Waals surface area (Å²) in [7, 11) is -16.6. The smallest absolute Gasteiger partial charge is 0.386 e. The SMILES string of the molecule is Nc1nc2c(nc(SCCS(=O)(=O)CCOCCS(=O)(=O)CCSc3nc4c(=O)[nH]c(N)nc4n3[C@@H]3OC4COP(=O)(O)O[C@H]4C3O)n2[C@@H]2OC3COP(=O)(O)O[C@H]3C2O)c(=O)[nH]1. The Bertz CT molecular complexity index is 2670. The topological polar surface area (TPSA) is 427 Å². The number of phosphoric acid groups is 2. The average molecular weight is 1010 g/mol. The van der Waals surface area contributed by atoms with Crippen LogP contribution in [-0.2, 0) is 61.1 Å². The molecule has 4 aliphatic heterocycles. The highest BCUT2D eigenvalue weighted by Crippen LogP contribution is 2.54. The number of thioether (sulfide) groups is 2. The van der Waals surface area contributed by atoms with E-state index < -0.39 is 132 Å². The number of imidazole rings is 2. The summed E-state index contributed by atoms with van der Waals surface area (Å²) in [4.78, 5) is 66.2. The fraction of sp³-hybridized carbons (Fsp3) is 0.643. The first-order chi connectivity index (χ1) is 29.6. The summed E-state index contributed by atoms with van der Waals surface area (Å²) in [6.07, 6.45) is -10.5. The van der Waals surface area contributed by atoms with Crippen LogP contribution in [0.5, 0.6) is 0 Å². The van der Waals surface area contributed by atoms with E-state index >= 15 is 0 Å². The number of hydrogen-bond acceptors (Lipinski definition) is 25. The number of rotatable bonds is 16. The van der Waals surface area contributed by atoms with Gasteiger partial charge in [-0.05, 0) is 0 Å². The summed E-state index contributed by atoms with van der Waals surface area (Å²) in [6, 6.07) is 0. The highest BCUT2D eigenvalue weighted by Gasteiger charge is 2.54. The molecule has 8 rings (SSSR count). The molecule has 348 valence electrons. The lowest BCUT2D eigenvalue weighted by atomic mass is 10.1. The number of phosphoric ester groups is 2. The molecule has 0 saturated carbocycles. The van der Waals surface area contributed by atoms with Gasteiger partial charge in [-0.3, -0.25) is 46.8 Å². The highest BCUT2D eigenvalue weighted by molar-refractivity contribution is 8.01. The number of aromatic amines is 2. The average Bonchev–Trinajstić information content (AvgIpc) is 3.91. The lowest BCUT2D eigenvalue weighted by Crippen LogP contribution is -2.39. The summed E-state index contributed by atoms with van der Waals surface area (Å²) in [5.41, 5.74) is 9.36. The minimum absolute atomic E-state index is 0.00139. The summed E-state index contributed by atoms with van der Waals surface area (Å²) in [5, 5.41) is 22.1. The Hall–Kier alpha value is -3.08. The number of sulfone groups is 2. The third-order valence-corrected chi connectivity index (χ3v) is 17.5. The van der Waals surface area contributed by atoms with Crippen LogP contribution in [0.2, 0.25) is 0 Å². The first-order valence-corrected chi connectivity index (χ1v) is 27.0. The number of aliphatic hydroxyl groups excluding tert-OH is 2. The number of nitrogens with two attached hydrogens (primary N) is 2. The Labute approximate surface area is 361 Å². The highest BCUT2D eigenvalue weighted by atomic mass is 32.2. The van der Waals surface area contributed by atoms with Crippen molar-refractivity contribution in [2.45, 2.75) is 59.4 Å². The molecule has 0 aliphatic carbocycles. The molecule has 0 amide bonds. The quantitative estimate of drug-likeness (QED) is 0.0315. The van der Waals surface area contributed by atoms with Crippen molar-refractivity contribution in [1.29, 1.82) is 0 Å². The number of aliphatic hydroxyl groups is 2. The number of aromatic nitrogens is 8. The molecular formula is C28H38N10O19P2S4. The van der Waals surface area contributed by atoms with Crippen LogP contribution in [-0.4, -0.2) is 173 Å². The van der Waals surface area contributed by atoms with E-state index in [0.29, 0.717) is 0 Å². The Morgan fingerprint density at radius 1 is 0.698 bits per heavy atom. The Morgan fingerprint density at radius 3 is 1.49 bits per heavy atom. The van der Waals surface area contributed by atoms with E-state index in [4.69, 9.17) is 43.8 Å². The molecule has 0 spiro atoms. The van der Waals surface area contributed by atoms with Crippen LogP contribution in [0.4, 0.5) is 11.9 Å². The number of hydrogen-bond donors (Lipinski definition) is 8. The number of ether oxygens (including phenoxy) is 3. The molecule has 10 N–H and O–H groups in total. The van der Waals surface area contributed by atoms with E-state index in [-0.39, 0.29) is 69.3 Å². The van der Waals surface area contributed by atoms with E-state index in [0.717, 1.165) is 23.5 Å². The molecule has 6 unspecified atom stereocenters. The second-order valence-electron chi connectivity index (χ2n) is 14.2. The van der Waals surface area contributed by atoms with Crippen LogP contribution in [0.3, 0.4) is 0 Å². The zero-order chi connectivity index (χ0) is 45.2. The zero-order valence-corrected chi connectivity index (χ0v) is 37.0. The van der Waals surface area contributed by atoms with Gasteiger partial charge in [0.25, 0.3) is 11.1 Å². The number of anilines is 2. The third kappa shape index (κ3) is 9.89. The van der Waals surface area contributed by atoms with Crippen molar-refractivity contribution in [3.63, 3.8) is 0 Å². The predicted molar refractivity (Wildman–Crippen MR) is 216 cm³/mol.